The summed E-state index contributed by atoms with van der Waals surface area (Å²) in [6, 6.07) is 4.10. The normalized spacial score (nSPS) is 32.0. The Labute approximate surface area is 129 Å². The molecule has 0 saturated carbocycles. The van der Waals surface area contributed by atoms with E-state index in [1.807, 2.05) is 0 Å². The molecule has 1 aromatic carbocycles. The first-order valence-corrected chi connectivity index (χ1v) is 7.11. The molecule has 2 saturated heterocycles. The Balaban J connectivity index is 1.76. The number of anilines is 1. The van der Waals surface area contributed by atoms with Gasteiger partial charge < -0.3 is 9.84 Å². The van der Waals surface area contributed by atoms with E-state index in [0.717, 1.165) is 4.90 Å². The standard InChI is InChI=1S/C15H10ClNO5/c16-8-2-1-6(5-7(8)15(20)21)17-13(18)11-9-3-4-10(22-9)12(11)14(17)19/h1-5,9-12H,(H,20,21)/t9-,10+,11+,12-. The number of nitrogens with zero attached hydrogens (tertiary/aromatic N) is 1. The van der Waals surface area contributed by atoms with Crippen LogP contribution in [0.25, 0.3) is 0 Å². The second-order valence-electron chi connectivity index (χ2n) is 5.48. The molecule has 4 rings (SSSR count). The minimum atomic E-state index is -1.21. The summed E-state index contributed by atoms with van der Waals surface area (Å²) in [6.45, 7) is 0. The quantitative estimate of drug-likeness (QED) is 0.659. The maximum absolute atomic E-state index is 12.6. The van der Waals surface area contributed by atoms with Crippen LogP contribution >= 0.6 is 11.6 Å². The van der Waals surface area contributed by atoms with Crippen LogP contribution in [0.4, 0.5) is 5.69 Å². The Morgan fingerprint density at radius 2 is 1.73 bits per heavy atom. The molecule has 6 nitrogen and oxygen atoms in total. The van der Waals surface area contributed by atoms with Crippen LogP contribution in [0.3, 0.4) is 0 Å². The van der Waals surface area contributed by atoms with Crippen molar-refractivity contribution in [2.75, 3.05) is 4.90 Å². The number of amides is 2. The summed E-state index contributed by atoms with van der Waals surface area (Å²) in [5.74, 6) is -2.97. The van der Waals surface area contributed by atoms with Gasteiger partial charge in [0.05, 0.1) is 40.3 Å². The number of carboxylic acid groups (broad SMARTS) is 1. The number of ether oxygens (including phenoxy) is 1. The Hall–Kier alpha value is -2.18. The number of carbonyl (C=O) groups excluding carboxylic acids is 2. The number of halogens is 1. The zero-order valence-corrected chi connectivity index (χ0v) is 11.9. The molecule has 7 heteroatoms. The highest BCUT2D eigenvalue weighted by Crippen LogP contribution is 2.46. The van der Waals surface area contributed by atoms with Crippen molar-refractivity contribution in [3.05, 3.63) is 40.9 Å². The zero-order valence-electron chi connectivity index (χ0n) is 11.1. The summed E-state index contributed by atoms with van der Waals surface area (Å²) in [5.41, 5.74) is 0.0831. The third-order valence-electron chi connectivity index (χ3n) is 4.35. The lowest BCUT2D eigenvalue weighted by Gasteiger charge is -2.18. The van der Waals surface area contributed by atoms with Gasteiger partial charge in [0.15, 0.2) is 0 Å². The molecule has 2 amide bonds. The third kappa shape index (κ3) is 1.62. The molecule has 0 aromatic heterocycles. The van der Waals surface area contributed by atoms with Gasteiger partial charge in [0.1, 0.15) is 0 Å². The van der Waals surface area contributed by atoms with Crippen molar-refractivity contribution in [2.24, 2.45) is 11.8 Å². The predicted octanol–water partition coefficient (Wildman–Crippen LogP) is 1.48. The Morgan fingerprint density at radius 1 is 1.14 bits per heavy atom. The molecule has 2 fully saturated rings. The first kappa shape index (κ1) is 13.5. The minimum absolute atomic E-state index is 0.0561. The molecular formula is C15H10ClNO5. The highest BCUT2D eigenvalue weighted by Gasteiger charge is 2.61. The largest absolute Gasteiger partial charge is 0.478 e. The highest BCUT2D eigenvalue weighted by molar-refractivity contribution is 6.34. The zero-order chi connectivity index (χ0) is 15.6. The minimum Gasteiger partial charge on any atom is -0.478 e. The van der Waals surface area contributed by atoms with E-state index >= 15 is 0 Å². The molecule has 1 aromatic rings. The highest BCUT2D eigenvalue weighted by atomic mass is 35.5. The van der Waals surface area contributed by atoms with Gasteiger partial charge in [-0.25, -0.2) is 9.69 Å². The molecule has 3 aliphatic heterocycles. The molecule has 22 heavy (non-hydrogen) atoms. The van der Waals surface area contributed by atoms with Gasteiger partial charge in [-0.3, -0.25) is 9.59 Å². The number of hydrogen-bond acceptors (Lipinski definition) is 4. The van der Waals surface area contributed by atoms with Gasteiger partial charge in [0.2, 0.25) is 11.8 Å². The van der Waals surface area contributed by atoms with Gasteiger partial charge >= 0.3 is 5.97 Å². The van der Waals surface area contributed by atoms with Crippen molar-refractivity contribution in [3.8, 4) is 0 Å². The van der Waals surface area contributed by atoms with Gasteiger partial charge in [-0.2, -0.15) is 0 Å². The van der Waals surface area contributed by atoms with Gasteiger partial charge in [0, 0.05) is 0 Å². The van der Waals surface area contributed by atoms with Crippen LogP contribution in [0.1, 0.15) is 10.4 Å². The van der Waals surface area contributed by atoms with Crippen LogP contribution in [-0.4, -0.2) is 35.1 Å². The number of imide groups is 1. The summed E-state index contributed by atoms with van der Waals surface area (Å²) in [7, 11) is 0. The first-order valence-electron chi connectivity index (χ1n) is 6.73. The van der Waals surface area contributed by atoms with E-state index in [1.165, 1.54) is 18.2 Å². The molecule has 0 spiro atoms. The first-order chi connectivity index (χ1) is 10.5. The number of rotatable bonds is 2. The van der Waals surface area contributed by atoms with Crippen LogP contribution in [0.5, 0.6) is 0 Å². The molecule has 1 N–H and O–H groups in total. The van der Waals surface area contributed by atoms with Gasteiger partial charge in [0.25, 0.3) is 0 Å². The Bertz CT molecular complexity index is 728. The molecule has 4 atom stereocenters. The SMILES string of the molecule is O=C(O)c1cc(N2C(=O)[C@@H]3[C@H](C2=O)[C@@H]2C=C[C@H]3O2)ccc1Cl. The van der Waals surface area contributed by atoms with Crippen LogP contribution in [-0.2, 0) is 14.3 Å². The summed E-state index contributed by atoms with van der Waals surface area (Å²) in [5, 5.41) is 9.17. The lowest BCUT2D eigenvalue weighted by atomic mass is 9.85. The van der Waals surface area contributed by atoms with Gasteiger partial charge in [-0.1, -0.05) is 23.8 Å². The lowest BCUT2D eigenvalue weighted by molar-refractivity contribution is -0.124. The molecule has 3 aliphatic rings. The summed E-state index contributed by atoms with van der Waals surface area (Å²) >= 11 is 5.82. The van der Waals surface area contributed by atoms with E-state index in [9.17, 15) is 14.4 Å². The number of aromatic carboxylic acids is 1. The second kappa shape index (κ2) is 4.41. The molecule has 2 bridgehead atoms. The molecule has 3 heterocycles. The average molecular weight is 320 g/mol. The number of fused-ring (bicyclic) bond motifs is 5. The number of hydrogen-bond donors (Lipinski definition) is 1. The smallest absolute Gasteiger partial charge is 0.337 e. The third-order valence-corrected chi connectivity index (χ3v) is 4.68. The van der Waals surface area contributed by atoms with E-state index in [2.05, 4.69) is 0 Å². The van der Waals surface area contributed by atoms with Crippen molar-refractivity contribution in [1.82, 2.24) is 0 Å². The van der Waals surface area contributed by atoms with E-state index in [4.69, 9.17) is 21.4 Å². The van der Waals surface area contributed by atoms with Crippen LogP contribution in [0, 0.1) is 11.8 Å². The number of benzene rings is 1. The fraction of sp³-hybridized carbons (Fsp3) is 0.267. The molecule has 0 unspecified atom stereocenters. The van der Waals surface area contributed by atoms with Gasteiger partial charge in [-0.05, 0) is 18.2 Å². The van der Waals surface area contributed by atoms with Crippen molar-refractivity contribution >= 4 is 35.1 Å². The summed E-state index contributed by atoms with van der Waals surface area (Å²) in [4.78, 5) is 37.3. The fourth-order valence-electron chi connectivity index (χ4n) is 3.37. The lowest BCUT2D eigenvalue weighted by Crippen LogP contribution is -2.34. The monoisotopic (exact) mass is 319 g/mol. The van der Waals surface area contributed by atoms with Crippen LogP contribution < -0.4 is 4.90 Å². The molecule has 0 aliphatic carbocycles. The molecular weight excluding hydrogens is 310 g/mol. The number of carbonyl (C=O) groups is 3. The van der Waals surface area contributed by atoms with Crippen molar-refractivity contribution in [1.29, 1.82) is 0 Å². The Morgan fingerprint density at radius 3 is 2.27 bits per heavy atom. The summed E-state index contributed by atoms with van der Waals surface area (Å²) < 4.78 is 5.55. The van der Waals surface area contributed by atoms with E-state index in [-0.39, 0.29) is 40.3 Å². The molecule has 0 radical (unpaired) electrons. The van der Waals surface area contributed by atoms with Gasteiger partial charge in [-0.15, -0.1) is 0 Å². The van der Waals surface area contributed by atoms with Crippen molar-refractivity contribution in [2.45, 2.75) is 12.2 Å². The predicted molar refractivity (Wildman–Crippen MR) is 75.7 cm³/mol. The van der Waals surface area contributed by atoms with Crippen LogP contribution in [0.2, 0.25) is 5.02 Å². The maximum atomic E-state index is 12.6. The maximum Gasteiger partial charge on any atom is 0.337 e. The van der Waals surface area contributed by atoms with E-state index in [1.54, 1.807) is 12.2 Å². The Kier molecular flexibility index (Phi) is 2.70. The summed E-state index contributed by atoms with van der Waals surface area (Å²) in [6.07, 6.45) is 2.85. The van der Waals surface area contributed by atoms with Crippen LogP contribution in [0.15, 0.2) is 30.4 Å². The van der Waals surface area contributed by atoms with E-state index in [0.29, 0.717) is 0 Å². The average Bonchev–Trinajstić information content (AvgIpc) is 3.14. The van der Waals surface area contributed by atoms with Crippen molar-refractivity contribution < 1.29 is 24.2 Å². The molecule has 112 valence electrons. The van der Waals surface area contributed by atoms with Crippen molar-refractivity contribution in [3.63, 3.8) is 0 Å². The second-order valence-corrected chi connectivity index (χ2v) is 5.89. The van der Waals surface area contributed by atoms with E-state index < -0.39 is 17.8 Å². The number of carboxylic acids is 1. The topological polar surface area (TPSA) is 83.9 Å². The fourth-order valence-corrected chi connectivity index (χ4v) is 3.57.